The van der Waals surface area contributed by atoms with Gasteiger partial charge in [-0.25, -0.2) is 0 Å². The summed E-state index contributed by atoms with van der Waals surface area (Å²) in [5, 5.41) is 3.35. The maximum atomic E-state index is 12.3. The van der Waals surface area contributed by atoms with Crippen LogP contribution in [0.1, 0.15) is 16.1 Å². The van der Waals surface area contributed by atoms with Crippen LogP contribution in [-0.2, 0) is 0 Å². The Hall–Kier alpha value is -1.24. The first-order chi connectivity index (χ1) is 7.85. The number of aryl methyl sites for hydroxylation is 1. The minimum atomic E-state index is -4.47. The highest BCUT2D eigenvalue weighted by atomic mass is 35.5. The first kappa shape index (κ1) is 13.8. The molecule has 0 saturated heterocycles. The summed E-state index contributed by atoms with van der Waals surface area (Å²) in [5.74, 6) is -0.690. The van der Waals surface area contributed by atoms with Crippen molar-refractivity contribution in [2.45, 2.75) is 13.1 Å². The van der Waals surface area contributed by atoms with Crippen LogP contribution in [0.5, 0.6) is 0 Å². The largest absolute Gasteiger partial charge is 0.406 e. The van der Waals surface area contributed by atoms with Crippen LogP contribution in [0.15, 0.2) is 10.7 Å². The van der Waals surface area contributed by atoms with E-state index in [2.05, 4.69) is 9.68 Å². The average Bonchev–Trinajstić information content (AvgIpc) is 2.61. The fourth-order valence-corrected chi connectivity index (χ4v) is 1.45. The highest BCUT2D eigenvalue weighted by molar-refractivity contribution is 6.18. The van der Waals surface area contributed by atoms with Gasteiger partial charge in [0, 0.05) is 12.4 Å². The van der Waals surface area contributed by atoms with Gasteiger partial charge in [-0.05, 0) is 6.92 Å². The molecule has 1 amide bonds. The Kier molecular flexibility index (Phi) is 4.39. The summed E-state index contributed by atoms with van der Waals surface area (Å²) < 4.78 is 41.4. The molecule has 0 N–H and O–H groups in total. The highest BCUT2D eigenvalue weighted by Gasteiger charge is 2.33. The third-order valence-electron chi connectivity index (χ3n) is 1.99. The molecule has 0 aliphatic heterocycles. The molecule has 0 radical (unpaired) electrons. The van der Waals surface area contributed by atoms with E-state index in [0.29, 0.717) is 4.90 Å². The summed E-state index contributed by atoms with van der Waals surface area (Å²) in [7, 11) is 0. The molecule has 1 aromatic heterocycles. The molecule has 96 valence electrons. The lowest BCUT2D eigenvalue weighted by atomic mass is 10.2. The third-order valence-corrected chi connectivity index (χ3v) is 2.16. The molecule has 1 rings (SSSR count). The van der Waals surface area contributed by atoms with Crippen LogP contribution in [0.3, 0.4) is 0 Å². The van der Waals surface area contributed by atoms with Gasteiger partial charge in [0.2, 0.25) is 0 Å². The highest BCUT2D eigenvalue weighted by Crippen LogP contribution is 2.19. The Bertz CT molecular complexity index is 392. The average molecular weight is 271 g/mol. The SMILES string of the molecule is Cc1oncc1C(=O)N(CCCl)CC(F)(F)F. The Labute approximate surface area is 100 Å². The van der Waals surface area contributed by atoms with E-state index in [-0.39, 0.29) is 23.7 Å². The second-order valence-electron chi connectivity index (χ2n) is 3.33. The van der Waals surface area contributed by atoms with Crippen molar-refractivity contribution in [1.29, 1.82) is 0 Å². The number of hydrogen-bond acceptors (Lipinski definition) is 3. The number of halogens is 4. The molecule has 0 aliphatic rings. The molecule has 4 nitrogen and oxygen atoms in total. The Balaban J connectivity index is 2.84. The summed E-state index contributed by atoms with van der Waals surface area (Å²) in [5.41, 5.74) is 0.0133. The zero-order chi connectivity index (χ0) is 13.1. The van der Waals surface area contributed by atoms with Crippen molar-refractivity contribution in [2.24, 2.45) is 0 Å². The summed E-state index contributed by atoms with van der Waals surface area (Å²) in [6.45, 7) is -0.0829. The molecule has 17 heavy (non-hydrogen) atoms. The minimum absolute atomic E-state index is 0.0133. The summed E-state index contributed by atoms with van der Waals surface area (Å²) in [6, 6.07) is 0. The zero-order valence-electron chi connectivity index (χ0n) is 8.92. The van der Waals surface area contributed by atoms with E-state index >= 15 is 0 Å². The number of nitrogens with zero attached hydrogens (tertiary/aromatic N) is 2. The lowest BCUT2D eigenvalue weighted by Crippen LogP contribution is -2.40. The summed E-state index contributed by atoms with van der Waals surface area (Å²) in [6.07, 6.45) is -3.37. The lowest BCUT2D eigenvalue weighted by molar-refractivity contribution is -0.140. The van der Waals surface area contributed by atoms with E-state index in [1.807, 2.05) is 0 Å². The van der Waals surface area contributed by atoms with E-state index in [9.17, 15) is 18.0 Å². The first-order valence-corrected chi connectivity index (χ1v) is 5.22. The number of carbonyl (C=O) groups is 1. The van der Waals surface area contributed by atoms with E-state index in [4.69, 9.17) is 11.6 Å². The predicted octanol–water partition coefficient (Wildman–Crippen LogP) is 2.23. The maximum absolute atomic E-state index is 12.3. The fraction of sp³-hybridized carbons (Fsp3) is 0.556. The molecule has 0 saturated carbocycles. The van der Waals surface area contributed by atoms with Gasteiger partial charge >= 0.3 is 6.18 Å². The molecule has 0 spiro atoms. The monoisotopic (exact) mass is 270 g/mol. The Morgan fingerprint density at radius 2 is 2.24 bits per heavy atom. The molecule has 1 heterocycles. The molecule has 0 atom stereocenters. The van der Waals surface area contributed by atoms with Gasteiger partial charge in [-0.3, -0.25) is 4.79 Å². The van der Waals surface area contributed by atoms with Gasteiger partial charge < -0.3 is 9.42 Å². The van der Waals surface area contributed by atoms with Gasteiger partial charge in [0.25, 0.3) is 5.91 Å². The molecule has 0 fully saturated rings. The molecule has 0 unspecified atom stereocenters. The summed E-state index contributed by atoms with van der Waals surface area (Å²) >= 11 is 5.37. The van der Waals surface area contributed by atoms with Gasteiger partial charge in [0.05, 0.1) is 6.20 Å². The number of amides is 1. The smallest absolute Gasteiger partial charge is 0.361 e. The zero-order valence-corrected chi connectivity index (χ0v) is 9.68. The van der Waals surface area contributed by atoms with Gasteiger partial charge in [0.1, 0.15) is 17.9 Å². The second-order valence-corrected chi connectivity index (χ2v) is 3.70. The number of carbonyl (C=O) groups excluding carboxylic acids is 1. The van der Waals surface area contributed by atoms with Crippen molar-refractivity contribution in [3.63, 3.8) is 0 Å². The van der Waals surface area contributed by atoms with E-state index in [0.717, 1.165) is 6.20 Å². The summed E-state index contributed by atoms with van der Waals surface area (Å²) in [4.78, 5) is 12.4. The van der Waals surface area contributed by atoms with E-state index in [1.54, 1.807) is 0 Å². The van der Waals surface area contributed by atoms with Crippen molar-refractivity contribution in [2.75, 3.05) is 19.0 Å². The topological polar surface area (TPSA) is 46.3 Å². The standard InChI is InChI=1S/C9H10ClF3N2O2/c1-6-7(4-14-17-6)8(16)15(3-2-10)5-9(11,12)13/h4H,2-3,5H2,1H3. The number of rotatable bonds is 4. The molecule has 0 aromatic carbocycles. The fourth-order valence-electron chi connectivity index (χ4n) is 1.25. The van der Waals surface area contributed by atoms with Crippen LogP contribution in [0.4, 0.5) is 13.2 Å². The van der Waals surface area contributed by atoms with E-state index < -0.39 is 18.6 Å². The van der Waals surface area contributed by atoms with Crippen molar-refractivity contribution in [3.8, 4) is 0 Å². The van der Waals surface area contributed by atoms with Crippen LogP contribution in [0.2, 0.25) is 0 Å². The maximum Gasteiger partial charge on any atom is 0.406 e. The Morgan fingerprint density at radius 3 is 2.65 bits per heavy atom. The van der Waals surface area contributed by atoms with Gasteiger partial charge in [-0.1, -0.05) is 5.16 Å². The molecular weight excluding hydrogens is 261 g/mol. The normalized spacial score (nSPS) is 11.6. The van der Waals surface area contributed by atoms with Gasteiger partial charge in [0.15, 0.2) is 0 Å². The predicted molar refractivity (Wildman–Crippen MR) is 53.9 cm³/mol. The van der Waals surface area contributed by atoms with Crippen molar-refractivity contribution in [3.05, 3.63) is 17.5 Å². The van der Waals surface area contributed by atoms with Crippen LogP contribution in [0.25, 0.3) is 0 Å². The minimum Gasteiger partial charge on any atom is -0.361 e. The third kappa shape index (κ3) is 3.92. The number of hydrogen-bond donors (Lipinski definition) is 0. The Morgan fingerprint density at radius 1 is 1.59 bits per heavy atom. The van der Waals surface area contributed by atoms with Crippen LogP contribution in [0, 0.1) is 6.92 Å². The van der Waals surface area contributed by atoms with Crippen molar-refractivity contribution >= 4 is 17.5 Å². The van der Waals surface area contributed by atoms with Crippen LogP contribution in [-0.4, -0.2) is 41.1 Å². The van der Waals surface area contributed by atoms with Crippen LogP contribution >= 0.6 is 11.6 Å². The number of alkyl halides is 4. The van der Waals surface area contributed by atoms with Crippen LogP contribution < -0.4 is 0 Å². The van der Waals surface area contributed by atoms with Crippen molar-refractivity contribution < 1.29 is 22.5 Å². The molecule has 8 heteroatoms. The molecule has 1 aromatic rings. The lowest BCUT2D eigenvalue weighted by Gasteiger charge is -2.22. The molecular formula is C9H10ClF3N2O2. The van der Waals surface area contributed by atoms with Gasteiger partial charge in [-0.15, -0.1) is 11.6 Å². The van der Waals surface area contributed by atoms with Gasteiger partial charge in [-0.2, -0.15) is 13.2 Å². The molecule has 0 bridgehead atoms. The second kappa shape index (κ2) is 5.39. The quantitative estimate of drug-likeness (QED) is 0.788. The number of aromatic nitrogens is 1. The van der Waals surface area contributed by atoms with Crippen molar-refractivity contribution in [1.82, 2.24) is 10.1 Å². The first-order valence-electron chi connectivity index (χ1n) is 4.68. The van der Waals surface area contributed by atoms with E-state index in [1.165, 1.54) is 6.92 Å². The molecule has 0 aliphatic carbocycles.